The van der Waals surface area contributed by atoms with E-state index in [2.05, 4.69) is 11.4 Å². The monoisotopic (exact) mass is 462 g/mol. The lowest BCUT2D eigenvalue weighted by Crippen LogP contribution is -2.44. The van der Waals surface area contributed by atoms with Gasteiger partial charge in [0.1, 0.15) is 13.2 Å². The van der Waals surface area contributed by atoms with Gasteiger partial charge in [0, 0.05) is 36.5 Å². The van der Waals surface area contributed by atoms with Crippen LogP contribution in [0.15, 0.2) is 40.6 Å². The van der Waals surface area contributed by atoms with Crippen LogP contribution in [0.4, 0.5) is 0 Å². The van der Waals surface area contributed by atoms with Gasteiger partial charge in [-0.05, 0) is 49.3 Å². The molecule has 0 N–H and O–H groups in total. The zero-order valence-corrected chi connectivity index (χ0v) is 18.9. The Kier molecular flexibility index (Phi) is 5.66. The smallest absolute Gasteiger partial charge is 0.243 e. The summed E-state index contributed by atoms with van der Waals surface area (Å²) in [5, 5.41) is 2.05. The molecule has 0 unspecified atom stereocenters. The van der Waals surface area contributed by atoms with Gasteiger partial charge in [-0.1, -0.05) is 6.07 Å². The van der Waals surface area contributed by atoms with Crippen molar-refractivity contribution < 1.29 is 22.7 Å². The first kappa shape index (κ1) is 20.8. The van der Waals surface area contributed by atoms with Gasteiger partial charge < -0.3 is 14.4 Å². The Bertz CT molecular complexity index is 1050. The summed E-state index contributed by atoms with van der Waals surface area (Å²) in [5.41, 5.74) is 0. The van der Waals surface area contributed by atoms with Gasteiger partial charge in [0.05, 0.1) is 10.9 Å². The second-order valence-electron chi connectivity index (χ2n) is 8.19. The van der Waals surface area contributed by atoms with E-state index < -0.39 is 10.0 Å². The third kappa shape index (κ3) is 3.94. The second-order valence-corrected chi connectivity index (χ2v) is 11.1. The number of sulfonamides is 1. The molecule has 5 rings (SSSR count). The summed E-state index contributed by atoms with van der Waals surface area (Å²) in [6, 6.07) is 9.06. The van der Waals surface area contributed by atoms with Gasteiger partial charge in [-0.2, -0.15) is 4.31 Å². The van der Waals surface area contributed by atoms with Crippen molar-refractivity contribution in [3.05, 3.63) is 40.6 Å². The number of hydrogen-bond donors (Lipinski definition) is 0. The molecule has 1 aromatic carbocycles. The van der Waals surface area contributed by atoms with Crippen molar-refractivity contribution in [3.63, 3.8) is 0 Å². The fraction of sp³-hybridized carbons (Fsp3) is 0.500. The normalized spacial score (nSPS) is 22.6. The Morgan fingerprint density at radius 1 is 1.00 bits per heavy atom. The van der Waals surface area contributed by atoms with E-state index in [0.717, 1.165) is 19.4 Å². The molecule has 1 atom stereocenters. The number of likely N-dealkylation sites (tertiary alicyclic amines) is 1. The minimum Gasteiger partial charge on any atom is -0.486 e. The highest BCUT2D eigenvalue weighted by atomic mass is 32.2. The van der Waals surface area contributed by atoms with Gasteiger partial charge in [0.2, 0.25) is 15.9 Å². The molecule has 1 amide bonds. The van der Waals surface area contributed by atoms with Crippen molar-refractivity contribution in [1.29, 1.82) is 0 Å². The van der Waals surface area contributed by atoms with Crippen LogP contribution in [0.1, 0.15) is 36.6 Å². The standard InChI is InChI=1S/C22H26N2O5S2/c25-22(24-9-1-3-18(24)21-4-2-14-30-21)16-7-10-23(11-8-16)31(26,27)17-5-6-19-20(15-17)29-13-12-28-19/h2,4-6,14-16,18H,1,3,7-13H2/t18-/m1/s1. The first-order chi connectivity index (χ1) is 15.0. The molecule has 0 radical (unpaired) electrons. The Hall–Kier alpha value is -2.10. The van der Waals surface area contributed by atoms with E-state index in [1.165, 1.54) is 15.2 Å². The summed E-state index contributed by atoms with van der Waals surface area (Å²) in [4.78, 5) is 16.7. The van der Waals surface area contributed by atoms with Crippen LogP contribution in [-0.4, -0.2) is 56.4 Å². The number of amides is 1. The van der Waals surface area contributed by atoms with E-state index in [4.69, 9.17) is 9.47 Å². The molecular formula is C22H26N2O5S2. The topological polar surface area (TPSA) is 76.2 Å². The minimum atomic E-state index is -3.64. The van der Waals surface area contributed by atoms with E-state index in [1.54, 1.807) is 23.5 Å². The molecule has 0 saturated carbocycles. The van der Waals surface area contributed by atoms with Gasteiger partial charge in [-0.15, -0.1) is 11.3 Å². The van der Waals surface area contributed by atoms with E-state index in [9.17, 15) is 13.2 Å². The third-order valence-corrected chi connectivity index (χ3v) is 9.23. The number of carbonyl (C=O) groups excluding carboxylic acids is 1. The van der Waals surface area contributed by atoms with Crippen LogP contribution in [0.25, 0.3) is 0 Å². The van der Waals surface area contributed by atoms with Gasteiger partial charge in [0.25, 0.3) is 0 Å². The number of hydrogen-bond acceptors (Lipinski definition) is 6. The van der Waals surface area contributed by atoms with Crippen LogP contribution in [0.5, 0.6) is 11.5 Å². The third-order valence-electron chi connectivity index (χ3n) is 6.36. The van der Waals surface area contributed by atoms with Crippen LogP contribution in [0.3, 0.4) is 0 Å². The number of benzene rings is 1. The Balaban J connectivity index is 1.25. The summed E-state index contributed by atoms with van der Waals surface area (Å²) in [7, 11) is -3.64. The fourth-order valence-electron chi connectivity index (χ4n) is 4.72. The zero-order chi connectivity index (χ0) is 21.4. The van der Waals surface area contributed by atoms with Crippen molar-refractivity contribution in [1.82, 2.24) is 9.21 Å². The molecule has 0 spiro atoms. The number of piperidine rings is 1. The lowest BCUT2D eigenvalue weighted by molar-refractivity contribution is -0.137. The van der Waals surface area contributed by atoms with Crippen molar-refractivity contribution in [2.75, 3.05) is 32.8 Å². The predicted molar refractivity (Wildman–Crippen MR) is 117 cm³/mol. The van der Waals surface area contributed by atoms with Crippen molar-refractivity contribution in [3.8, 4) is 11.5 Å². The lowest BCUT2D eigenvalue weighted by Gasteiger charge is -2.34. The molecule has 31 heavy (non-hydrogen) atoms. The Morgan fingerprint density at radius 2 is 1.77 bits per heavy atom. The number of ether oxygens (including phenoxy) is 2. The number of nitrogens with zero attached hydrogens (tertiary/aromatic N) is 2. The van der Waals surface area contributed by atoms with Gasteiger partial charge >= 0.3 is 0 Å². The second kappa shape index (κ2) is 8.44. The molecule has 2 aromatic rings. The lowest BCUT2D eigenvalue weighted by atomic mass is 9.96. The molecule has 166 valence electrons. The molecule has 2 fully saturated rings. The number of rotatable bonds is 4. The van der Waals surface area contributed by atoms with Crippen LogP contribution in [0.2, 0.25) is 0 Å². The molecular weight excluding hydrogens is 436 g/mol. The van der Waals surface area contributed by atoms with Crippen LogP contribution in [-0.2, 0) is 14.8 Å². The molecule has 7 nitrogen and oxygen atoms in total. The Morgan fingerprint density at radius 3 is 2.52 bits per heavy atom. The summed E-state index contributed by atoms with van der Waals surface area (Å²) in [6.07, 6.45) is 3.13. The van der Waals surface area contributed by atoms with Crippen molar-refractivity contribution in [2.45, 2.75) is 36.6 Å². The van der Waals surface area contributed by atoms with E-state index in [0.29, 0.717) is 50.6 Å². The van der Waals surface area contributed by atoms with E-state index >= 15 is 0 Å². The van der Waals surface area contributed by atoms with Crippen molar-refractivity contribution >= 4 is 27.3 Å². The first-order valence-electron chi connectivity index (χ1n) is 10.8. The first-order valence-corrected chi connectivity index (χ1v) is 13.1. The predicted octanol–water partition coefficient (Wildman–Crippen LogP) is 3.28. The fourth-order valence-corrected chi connectivity index (χ4v) is 7.08. The van der Waals surface area contributed by atoms with Gasteiger partial charge in [-0.3, -0.25) is 4.79 Å². The molecule has 0 bridgehead atoms. The average molecular weight is 463 g/mol. The van der Waals surface area contributed by atoms with E-state index in [-0.39, 0.29) is 22.8 Å². The zero-order valence-electron chi connectivity index (χ0n) is 17.2. The molecule has 4 heterocycles. The highest BCUT2D eigenvalue weighted by Crippen LogP contribution is 2.38. The van der Waals surface area contributed by atoms with Gasteiger partial charge in [-0.25, -0.2) is 8.42 Å². The maximum Gasteiger partial charge on any atom is 0.243 e. The molecule has 2 saturated heterocycles. The molecule has 3 aliphatic rings. The molecule has 0 aliphatic carbocycles. The van der Waals surface area contributed by atoms with Crippen LogP contribution < -0.4 is 9.47 Å². The maximum atomic E-state index is 13.2. The quantitative estimate of drug-likeness (QED) is 0.697. The van der Waals surface area contributed by atoms with Crippen LogP contribution >= 0.6 is 11.3 Å². The summed E-state index contributed by atoms with van der Waals surface area (Å²) in [6.45, 7) is 2.37. The highest BCUT2D eigenvalue weighted by Gasteiger charge is 2.38. The van der Waals surface area contributed by atoms with E-state index in [1.807, 2.05) is 11.0 Å². The number of carbonyl (C=O) groups is 1. The summed E-state index contributed by atoms with van der Waals surface area (Å²) >= 11 is 1.70. The molecule has 9 heteroatoms. The Labute approximate surface area is 186 Å². The largest absolute Gasteiger partial charge is 0.486 e. The minimum absolute atomic E-state index is 0.118. The van der Waals surface area contributed by atoms with Gasteiger partial charge in [0.15, 0.2) is 11.5 Å². The maximum absolute atomic E-state index is 13.2. The SMILES string of the molecule is O=C(C1CCN(S(=O)(=O)c2ccc3c(c2)OCCO3)CC1)N1CCC[C@@H]1c1cccs1. The van der Waals surface area contributed by atoms with Crippen LogP contribution in [0, 0.1) is 5.92 Å². The summed E-state index contributed by atoms with van der Waals surface area (Å²) < 4.78 is 38.8. The number of fused-ring (bicyclic) bond motifs is 1. The van der Waals surface area contributed by atoms with Crippen molar-refractivity contribution in [2.24, 2.45) is 5.92 Å². The summed E-state index contributed by atoms with van der Waals surface area (Å²) in [5.74, 6) is 1.09. The highest BCUT2D eigenvalue weighted by molar-refractivity contribution is 7.89. The average Bonchev–Trinajstić information content (AvgIpc) is 3.50. The number of thiophene rings is 1. The molecule has 3 aliphatic heterocycles. The molecule has 1 aromatic heterocycles.